The molecular weight excluding hydrogens is 338 g/mol. The van der Waals surface area contributed by atoms with E-state index in [9.17, 15) is 5.11 Å². The van der Waals surface area contributed by atoms with Gasteiger partial charge >= 0.3 is 0 Å². The first-order valence-electron chi connectivity index (χ1n) is 9.87. The Kier molecular flexibility index (Phi) is 6.16. The van der Waals surface area contributed by atoms with Gasteiger partial charge in [0.25, 0.3) is 0 Å². The van der Waals surface area contributed by atoms with Crippen molar-refractivity contribution in [2.75, 3.05) is 13.1 Å². The first-order valence-corrected chi connectivity index (χ1v) is 9.87. The summed E-state index contributed by atoms with van der Waals surface area (Å²) in [5.41, 5.74) is 3.68. The van der Waals surface area contributed by atoms with Gasteiger partial charge in [-0.1, -0.05) is 31.0 Å². The maximum atomic E-state index is 10.6. The highest BCUT2D eigenvalue weighted by Crippen LogP contribution is 2.28. The van der Waals surface area contributed by atoms with E-state index in [2.05, 4.69) is 40.9 Å². The second kappa shape index (κ2) is 8.57. The molecule has 0 spiro atoms. The fraction of sp³-hybridized carbons (Fsp3) is 0.524. The van der Waals surface area contributed by atoms with Gasteiger partial charge in [-0.25, -0.2) is 9.67 Å². The van der Waals surface area contributed by atoms with Crippen LogP contribution in [0.15, 0.2) is 35.3 Å². The number of rotatable bonds is 6. The highest BCUT2D eigenvalue weighted by molar-refractivity contribution is 5.79. The third-order valence-corrected chi connectivity index (χ3v) is 5.10. The summed E-state index contributed by atoms with van der Waals surface area (Å²) in [6, 6.07) is 10.3. The Morgan fingerprint density at radius 3 is 2.63 bits per heavy atom. The van der Waals surface area contributed by atoms with Crippen LogP contribution >= 0.6 is 0 Å². The monoisotopic (exact) mass is 369 g/mol. The van der Waals surface area contributed by atoms with Crippen LogP contribution in [0.25, 0.3) is 5.69 Å². The number of aliphatic imine (C=N–C) groups is 1. The first-order chi connectivity index (χ1) is 13.0. The number of hydrogen-bond acceptors (Lipinski definition) is 3. The molecule has 3 N–H and O–H groups in total. The summed E-state index contributed by atoms with van der Waals surface area (Å²) in [7, 11) is 0. The van der Waals surface area contributed by atoms with E-state index in [-0.39, 0.29) is 0 Å². The molecule has 0 saturated heterocycles. The van der Waals surface area contributed by atoms with Gasteiger partial charge in [0.2, 0.25) is 0 Å². The topological polar surface area (TPSA) is 74.5 Å². The van der Waals surface area contributed by atoms with Gasteiger partial charge in [0.15, 0.2) is 5.96 Å². The molecule has 1 aromatic carbocycles. The van der Waals surface area contributed by atoms with Crippen LogP contribution in [-0.2, 0) is 6.54 Å². The predicted octanol–water partition coefficient (Wildman–Crippen LogP) is 2.85. The van der Waals surface area contributed by atoms with Crippen LogP contribution in [0.4, 0.5) is 0 Å². The van der Waals surface area contributed by atoms with Gasteiger partial charge < -0.3 is 15.7 Å². The Balaban J connectivity index is 1.75. The van der Waals surface area contributed by atoms with Crippen molar-refractivity contribution in [2.24, 2.45) is 4.99 Å². The predicted molar refractivity (Wildman–Crippen MR) is 109 cm³/mol. The molecule has 1 aromatic heterocycles. The number of hydrogen-bond donors (Lipinski definition) is 3. The second-order valence-corrected chi connectivity index (χ2v) is 7.45. The number of aryl methyl sites for hydroxylation is 2. The summed E-state index contributed by atoms with van der Waals surface area (Å²) in [6.45, 7) is 7.98. The van der Waals surface area contributed by atoms with Crippen molar-refractivity contribution in [3.8, 4) is 5.69 Å². The Labute approximate surface area is 161 Å². The lowest BCUT2D eigenvalue weighted by atomic mass is 10.0. The molecule has 27 heavy (non-hydrogen) atoms. The number of benzene rings is 1. The highest BCUT2D eigenvalue weighted by Gasteiger charge is 2.30. The maximum absolute atomic E-state index is 10.6. The third kappa shape index (κ3) is 4.89. The van der Waals surface area contributed by atoms with Crippen molar-refractivity contribution in [2.45, 2.75) is 58.6 Å². The molecule has 0 aliphatic heterocycles. The summed E-state index contributed by atoms with van der Waals surface area (Å²) in [5, 5.41) is 21.8. The first kappa shape index (κ1) is 19.4. The molecule has 1 saturated carbocycles. The molecule has 1 aliphatic carbocycles. The van der Waals surface area contributed by atoms with Gasteiger partial charge in [-0.15, -0.1) is 0 Å². The third-order valence-electron chi connectivity index (χ3n) is 5.10. The highest BCUT2D eigenvalue weighted by atomic mass is 16.3. The molecule has 0 bridgehead atoms. The molecule has 0 radical (unpaired) electrons. The van der Waals surface area contributed by atoms with Gasteiger partial charge in [0.05, 0.1) is 23.5 Å². The lowest BCUT2D eigenvalue weighted by Gasteiger charge is -2.23. The summed E-state index contributed by atoms with van der Waals surface area (Å²) < 4.78 is 1.97. The SMILES string of the molecule is CCNC(=NCc1ccccc1-n1nc(C)cc1C)NCC1(O)CCCC1. The number of guanidine groups is 1. The van der Waals surface area contributed by atoms with Gasteiger partial charge in [-0.05, 0) is 51.3 Å². The van der Waals surface area contributed by atoms with Crippen LogP contribution in [0.5, 0.6) is 0 Å². The van der Waals surface area contributed by atoms with Crippen LogP contribution in [0.3, 0.4) is 0 Å². The zero-order valence-corrected chi connectivity index (χ0v) is 16.6. The summed E-state index contributed by atoms with van der Waals surface area (Å²) in [4.78, 5) is 4.74. The molecule has 1 fully saturated rings. The molecule has 146 valence electrons. The molecule has 6 heteroatoms. The van der Waals surface area contributed by atoms with Gasteiger partial charge in [0, 0.05) is 18.8 Å². The number of aliphatic hydroxyl groups is 1. The van der Waals surface area contributed by atoms with Crippen LogP contribution in [0, 0.1) is 13.8 Å². The van der Waals surface area contributed by atoms with Crippen molar-refractivity contribution in [3.05, 3.63) is 47.3 Å². The zero-order valence-electron chi connectivity index (χ0n) is 16.6. The average molecular weight is 370 g/mol. The van der Waals surface area contributed by atoms with E-state index in [1.807, 2.05) is 30.7 Å². The van der Waals surface area contributed by atoms with E-state index < -0.39 is 5.60 Å². The lowest BCUT2D eigenvalue weighted by molar-refractivity contribution is 0.0522. The van der Waals surface area contributed by atoms with Gasteiger partial charge in [-0.2, -0.15) is 5.10 Å². The molecule has 2 aromatic rings. The fourth-order valence-corrected chi connectivity index (χ4v) is 3.69. The molecule has 6 nitrogen and oxygen atoms in total. The lowest BCUT2D eigenvalue weighted by Crippen LogP contribution is -2.46. The minimum absolute atomic E-state index is 0.540. The second-order valence-electron chi connectivity index (χ2n) is 7.45. The standard InChI is InChI=1S/C21H31N5O/c1-4-22-20(24-15-21(27)11-7-8-12-21)23-14-18-9-5-6-10-19(18)26-17(3)13-16(2)25-26/h5-6,9-10,13,27H,4,7-8,11-12,14-15H2,1-3H3,(H2,22,23,24). The Morgan fingerprint density at radius 2 is 1.96 bits per heavy atom. The van der Waals surface area contributed by atoms with E-state index in [1.165, 1.54) is 0 Å². The van der Waals surface area contributed by atoms with Crippen LogP contribution < -0.4 is 10.6 Å². The summed E-state index contributed by atoms with van der Waals surface area (Å²) in [5.74, 6) is 0.737. The fourth-order valence-electron chi connectivity index (χ4n) is 3.69. The number of para-hydroxylation sites is 1. The minimum Gasteiger partial charge on any atom is -0.388 e. The van der Waals surface area contributed by atoms with E-state index >= 15 is 0 Å². The van der Waals surface area contributed by atoms with Crippen molar-refractivity contribution < 1.29 is 5.11 Å². The Bertz CT molecular complexity index is 790. The largest absolute Gasteiger partial charge is 0.388 e. The van der Waals surface area contributed by atoms with Gasteiger partial charge in [-0.3, -0.25) is 0 Å². The van der Waals surface area contributed by atoms with Crippen molar-refractivity contribution >= 4 is 5.96 Å². The molecule has 3 rings (SSSR count). The van der Waals surface area contributed by atoms with E-state index in [0.29, 0.717) is 13.1 Å². The normalized spacial score (nSPS) is 16.5. The Morgan fingerprint density at radius 1 is 1.22 bits per heavy atom. The van der Waals surface area contributed by atoms with Crippen LogP contribution in [0.2, 0.25) is 0 Å². The smallest absolute Gasteiger partial charge is 0.191 e. The number of nitrogens with zero attached hydrogens (tertiary/aromatic N) is 3. The number of nitrogens with one attached hydrogen (secondary N) is 2. The van der Waals surface area contributed by atoms with Crippen molar-refractivity contribution in [1.82, 2.24) is 20.4 Å². The molecule has 0 atom stereocenters. The van der Waals surface area contributed by atoms with E-state index in [0.717, 1.165) is 60.8 Å². The molecule has 0 unspecified atom stereocenters. The van der Waals surface area contributed by atoms with E-state index in [4.69, 9.17) is 4.99 Å². The zero-order chi connectivity index (χ0) is 19.3. The van der Waals surface area contributed by atoms with Crippen molar-refractivity contribution in [3.63, 3.8) is 0 Å². The maximum Gasteiger partial charge on any atom is 0.191 e. The molecule has 0 amide bonds. The average Bonchev–Trinajstić information content (AvgIpc) is 3.23. The molecule has 1 heterocycles. The van der Waals surface area contributed by atoms with E-state index in [1.54, 1.807) is 0 Å². The quantitative estimate of drug-likeness (QED) is 0.541. The summed E-state index contributed by atoms with van der Waals surface area (Å²) >= 11 is 0. The van der Waals surface area contributed by atoms with Crippen LogP contribution in [0.1, 0.15) is 49.6 Å². The molecule has 1 aliphatic rings. The van der Waals surface area contributed by atoms with Crippen LogP contribution in [-0.4, -0.2) is 39.5 Å². The minimum atomic E-state index is -0.599. The summed E-state index contributed by atoms with van der Waals surface area (Å²) in [6.07, 6.45) is 3.92. The van der Waals surface area contributed by atoms with Gasteiger partial charge in [0.1, 0.15) is 0 Å². The Hall–Kier alpha value is -2.34. The van der Waals surface area contributed by atoms with Crippen molar-refractivity contribution in [1.29, 1.82) is 0 Å². The molecular formula is C21H31N5O. The number of aromatic nitrogens is 2.